The lowest BCUT2D eigenvalue weighted by Gasteiger charge is -2.17. The van der Waals surface area contributed by atoms with Crippen LogP contribution < -0.4 is 22.3 Å². The van der Waals surface area contributed by atoms with Crippen LogP contribution in [0.5, 0.6) is 0 Å². The Hall–Kier alpha value is -3.60. The molecule has 11 heteroatoms. The number of aryl methyl sites for hydroxylation is 2. The molecule has 2 heterocycles. The maximum absolute atomic E-state index is 12.4. The summed E-state index contributed by atoms with van der Waals surface area (Å²) < 4.78 is 1.45. The Morgan fingerprint density at radius 3 is 2.62 bits per heavy atom. The number of benzene rings is 1. The van der Waals surface area contributed by atoms with E-state index < -0.39 is 29.2 Å². The molecule has 1 aromatic carbocycles. The van der Waals surface area contributed by atoms with Crippen LogP contribution in [0, 0.1) is 13.8 Å². The van der Waals surface area contributed by atoms with Crippen LogP contribution in [0.15, 0.2) is 21.7 Å². The van der Waals surface area contributed by atoms with Gasteiger partial charge in [-0.15, -0.1) is 0 Å². The molecule has 29 heavy (non-hydrogen) atoms. The van der Waals surface area contributed by atoms with E-state index in [9.17, 15) is 19.2 Å². The highest BCUT2D eigenvalue weighted by atomic mass is 16.4. The zero-order valence-corrected chi connectivity index (χ0v) is 15.9. The molecule has 2 aliphatic rings. The molecule has 0 saturated heterocycles. The predicted molar refractivity (Wildman–Crippen MR) is 104 cm³/mol. The van der Waals surface area contributed by atoms with Gasteiger partial charge < -0.3 is 20.7 Å². The first-order valence-electron chi connectivity index (χ1n) is 8.84. The van der Waals surface area contributed by atoms with E-state index in [0.29, 0.717) is 11.0 Å². The molecule has 0 unspecified atom stereocenters. The zero-order chi connectivity index (χ0) is 21.3. The van der Waals surface area contributed by atoms with Crippen molar-refractivity contribution in [3.63, 3.8) is 0 Å². The van der Waals surface area contributed by atoms with Crippen molar-refractivity contribution in [1.29, 1.82) is 0 Å². The van der Waals surface area contributed by atoms with E-state index in [1.54, 1.807) is 12.1 Å². The first-order chi connectivity index (χ1) is 13.7. The molecule has 0 aliphatic carbocycles. The maximum Gasteiger partial charge on any atom is 0.349 e. The van der Waals surface area contributed by atoms with Crippen LogP contribution in [0.25, 0.3) is 22.6 Å². The largest absolute Gasteiger partial charge is 0.480 e. The lowest BCUT2D eigenvalue weighted by atomic mass is 10.1. The fourth-order valence-electron chi connectivity index (χ4n) is 2.90. The minimum Gasteiger partial charge on any atom is -0.480 e. The van der Waals surface area contributed by atoms with Crippen molar-refractivity contribution in [2.45, 2.75) is 32.9 Å². The molecule has 0 aromatic heterocycles. The molecule has 0 bridgehead atoms. The summed E-state index contributed by atoms with van der Waals surface area (Å²) in [6, 6.07) is 2.51. The molecule has 0 saturated carbocycles. The van der Waals surface area contributed by atoms with Gasteiger partial charge in [-0.3, -0.25) is 19.4 Å². The number of amides is 1. The third-order valence-corrected chi connectivity index (χ3v) is 4.62. The summed E-state index contributed by atoms with van der Waals surface area (Å²) in [6.45, 7) is 3.61. The summed E-state index contributed by atoms with van der Waals surface area (Å²) in [7, 11) is 0. The number of nitrogens with one attached hydrogen (secondary N) is 2. The first-order valence-corrected chi connectivity index (χ1v) is 8.84. The van der Waals surface area contributed by atoms with Crippen molar-refractivity contribution in [2.75, 3.05) is 6.54 Å². The molecular weight excluding hydrogens is 380 g/mol. The number of H-pyrrole nitrogens is 1. The minimum atomic E-state index is -1.16. The lowest BCUT2D eigenvalue weighted by Crippen LogP contribution is -2.37. The van der Waals surface area contributed by atoms with Crippen LogP contribution in [0.3, 0.4) is 0 Å². The van der Waals surface area contributed by atoms with Crippen LogP contribution in [0.4, 0.5) is 0 Å². The van der Waals surface area contributed by atoms with E-state index in [2.05, 4.69) is 20.3 Å². The van der Waals surface area contributed by atoms with E-state index in [1.165, 1.54) is 4.57 Å². The number of hydrogen-bond donors (Lipinski definition) is 4. The second kappa shape index (κ2) is 7.80. The molecule has 2 aliphatic heterocycles. The number of hydrogen-bond acceptors (Lipinski definition) is 7. The van der Waals surface area contributed by atoms with Crippen LogP contribution in [0.1, 0.15) is 17.5 Å². The van der Waals surface area contributed by atoms with Crippen molar-refractivity contribution >= 4 is 22.9 Å². The normalized spacial score (nSPS) is 12.2. The van der Waals surface area contributed by atoms with Crippen LogP contribution in [-0.4, -0.2) is 49.1 Å². The quantitative estimate of drug-likeness (QED) is 0.386. The van der Waals surface area contributed by atoms with E-state index in [4.69, 9.17) is 10.8 Å². The third-order valence-electron chi connectivity index (χ3n) is 4.62. The van der Waals surface area contributed by atoms with Crippen molar-refractivity contribution in [3.8, 4) is 11.5 Å². The van der Waals surface area contributed by atoms with E-state index in [-0.39, 0.29) is 31.0 Å². The Labute approximate surface area is 163 Å². The fourth-order valence-corrected chi connectivity index (χ4v) is 2.90. The van der Waals surface area contributed by atoms with Gasteiger partial charge in [0, 0.05) is 6.54 Å². The summed E-state index contributed by atoms with van der Waals surface area (Å²) in [5.41, 5.74) is 6.74. The number of carboxylic acids is 1. The van der Waals surface area contributed by atoms with Crippen molar-refractivity contribution in [2.24, 2.45) is 5.73 Å². The zero-order valence-electron chi connectivity index (χ0n) is 15.9. The van der Waals surface area contributed by atoms with Crippen LogP contribution in [0.2, 0.25) is 0 Å². The minimum absolute atomic E-state index is 0.00751. The average molecular weight is 400 g/mol. The number of carbonyl (C=O) groups is 2. The van der Waals surface area contributed by atoms with Gasteiger partial charge in [-0.25, -0.2) is 9.78 Å². The number of aliphatic carboxylic acids is 1. The van der Waals surface area contributed by atoms with Crippen molar-refractivity contribution in [1.82, 2.24) is 24.8 Å². The summed E-state index contributed by atoms with van der Waals surface area (Å²) in [6.07, 6.45) is 0.0600. The molecule has 0 fully saturated rings. The second-order valence-electron chi connectivity index (χ2n) is 6.75. The number of carbonyl (C=O) groups excluding carboxylic acids is 1. The van der Waals surface area contributed by atoms with Gasteiger partial charge >= 0.3 is 11.7 Å². The number of aromatic nitrogens is 4. The Balaban J connectivity index is 2.03. The van der Waals surface area contributed by atoms with Crippen LogP contribution in [-0.2, 0) is 16.1 Å². The van der Waals surface area contributed by atoms with Gasteiger partial charge in [0.1, 0.15) is 12.6 Å². The predicted octanol–water partition coefficient (Wildman–Crippen LogP) is -0.880. The van der Waals surface area contributed by atoms with Crippen LogP contribution >= 0.6 is 0 Å². The molecular formula is C18H20N6O5. The Bertz CT molecular complexity index is 1200. The first kappa shape index (κ1) is 20.1. The average Bonchev–Trinajstić information content (AvgIpc) is 2.63. The highest BCUT2D eigenvalue weighted by molar-refractivity contribution is 5.84. The van der Waals surface area contributed by atoms with E-state index in [0.717, 1.165) is 11.1 Å². The Morgan fingerprint density at radius 2 is 1.93 bits per heavy atom. The van der Waals surface area contributed by atoms with E-state index >= 15 is 0 Å². The number of rotatable bonds is 6. The van der Waals surface area contributed by atoms with Gasteiger partial charge in [0.05, 0.1) is 11.0 Å². The van der Waals surface area contributed by atoms with Gasteiger partial charge in [0.15, 0.2) is 11.5 Å². The summed E-state index contributed by atoms with van der Waals surface area (Å²) in [5, 5.41) is 11.4. The Kier molecular flexibility index (Phi) is 5.41. The summed E-state index contributed by atoms with van der Waals surface area (Å²) in [5.74, 6) is -1.61. The highest BCUT2D eigenvalue weighted by Crippen LogP contribution is 2.23. The maximum atomic E-state index is 12.4. The second-order valence-corrected chi connectivity index (χ2v) is 6.75. The smallest absolute Gasteiger partial charge is 0.349 e. The number of carboxylic acid groups (broad SMARTS) is 1. The highest BCUT2D eigenvalue weighted by Gasteiger charge is 2.21. The standard InChI is InChI=1S/C18H20N6O5/c1-8-5-11-12(6-9(8)2)24(7-13(25)20-4-3-10(19)17(27)28)15-14(21-11)16(26)23-18(29)22-15/h5-6,10H,3-4,7,19H2,1-2H3,(H,20,25)(H,27,28)(H,23,26,29)/t10-/m0/s1. The van der Waals surface area contributed by atoms with Gasteiger partial charge in [-0.1, -0.05) is 0 Å². The van der Waals surface area contributed by atoms with Gasteiger partial charge in [0.2, 0.25) is 5.91 Å². The number of nitrogens with zero attached hydrogens (tertiary/aromatic N) is 3. The molecule has 0 spiro atoms. The summed E-state index contributed by atoms with van der Waals surface area (Å²) >= 11 is 0. The molecule has 3 rings (SSSR count). The van der Waals surface area contributed by atoms with Gasteiger partial charge in [0.25, 0.3) is 5.56 Å². The number of fused-ring (bicyclic) bond motifs is 2. The third kappa shape index (κ3) is 4.14. The molecule has 1 aromatic rings. The monoisotopic (exact) mass is 400 g/mol. The fraction of sp³-hybridized carbons (Fsp3) is 0.333. The molecule has 152 valence electrons. The topological polar surface area (TPSA) is 173 Å². The molecule has 5 N–H and O–H groups in total. The molecule has 1 amide bonds. The lowest BCUT2D eigenvalue weighted by molar-refractivity contribution is -0.138. The van der Waals surface area contributed by atoms with Gasteiger partial charge in [-0.05, 0) is 43.5 Å². The molecule has 1 atom stereocenters. The number of aromatic amines is 1. The molecule has 0 radical (unpaired) electrons. The Morgan fingerprint density at radius 1 is 1.24 bits per heavy atom. The molecule has 11 nitrogen and oxygen atoms in total. The number of nitrogens with two attached hydrogens (primary N) is 1. The summed E-state index contributed by atoms with van der Waals surface area (Å²) in [4.78, 5) is 57.4. The van der Waals surface area contributed by atoms with E-state index in [1.807, 2.05) is 13.8 Å². The van der Waals surface area contributed by atoms with Gasteiger partial charge in [-0.2, -0.15) is 4.98 Å². The van der Waals surface area contributed by atoms with Crippen molar-refractivity contribution in [3.05, 3.63) is 44.1 Å². The van der Waals surface area contributed by atoms with Crippen molar-refractivity contribution < 1.29 is 14.7 Å². The SMILES string of the molecule is Cc1cc2nc3c(=O)[nH]c(=O)nc-3n(CC(=O)NCC[C@H](N)C(=O)O)c2cc1C.